The molecule has 0 aromatic heterocycles. The second-order valence-electron chi connectivity index (χ2n) is 11.0. The van der Waals surface area contributed by atoms with Gasteiger partial charge in [-0.15, -0.1) is 0 Å². The number of nitrogens with zero attached hydrogens (tertiary/aromatic N) is 1. The molecule has 1 aromatic rings. The van der Waals surface area contributed by atoms with Crippen LogP contribution in [0.15, 0.2) is 30.3 Å². The third-order valence-corrected chi connectivity index (χ3v) is 8.30. The Labute approximate surface area is 200 Å². The molecule has 0 unspecified atom stereocenters. The highest BCUT2D eigenvalue weighted by molar-refractivity contribution is 5.14. The zero-order valence-electron chi connectivity index (χ0n) is 21.3. The number of benzene rings is 1. The van der Waals surface area contributed by atoms with Crippen molar-refractivity contribution in [2.45, 2.75) is 160 Å². The van der Waals surface area contributed by atoms with Crippen LogP contribution in [-0.2, 0) is 6.54 Å². The summed E-state index contributed by atoms with van der Waals surface area (Å²) in [6.45, 7) is 1.18. The maximum absolute atomic E-state index is 3.03. The van der Waals surface area contributed by atoms with Crippen LogP contribution in [0.3, 0.4) is 0 Å². The fraction of sp³-hybridized carbons (Fsp3) is 0.806. The van der Waals surface area contributed by atoms with Crippen molar-refractivity contribution in [3.8, 4) is 0 Å². The summed E-state index contributed by atoms with van der Waals surface area (Å²) in [7, 11) is 0. The standard InChI is InChI=1S/C31H53N/c1-3-7-11-18-24-30(25-19-12-8-4-1)32(28-29-22-16-15-17-23-29)31-26-20-13-9-5-2-6-10-14-21-27-31/h15-17,22-23,30-31H,1-14,18-21,24-28H2. The van der Waals surface area contributed by atoms with Crippen molar-refractivity contribution in [3.05, 3.63) is 35.9 Å². The lowest BCUT2D eigenvalue weighted by atomic mass is 9.92. The minimum atomic E-state index is 0.799. The van der Waals surface area contributed by atoms with E-state index in [2.05, 4.69) is 35.2 Å². The lowest BCUT2D eigenvalue weighted by Crippen LogP contribution is -2.43. The molecule has 32 heavy (non-hydrogen) atoms. The second kappa shape index (κ2) is 16.7. The van der Waals surface area contributed by atoms with Crippen LogP contribution >= 0.6 is 0 Å². The molecule has 2 fully saturated rings. The van der Waals surface area contributed by atoms with Gasteiger partial charge in [0.05, 0.1) is 0 Å². The Bertz CT molecular complexity index is 499. The molecule has 0 saturated heterocycles. The molecule has 0 heterocycles. The van der Waals surface area contributed by atoms with Gasteiger partial charge in [-0.25, -0.2) is 0 Å². The number of hydrogen-bond acceptors (Lipinski definition) is 1. The molecular formula is C31H53N. The van der Waals surface area contributed by atoms with E-state index in [1.54, 1.807) is 0 Å². The summed E-state index contributed by atoms with van der Waals surface area (Å²) in [6.07, 6.45) is 32.1. The molecule has 0 spiro atoms. The Morgan fingerprint density at radius 2 is 0.750 bits per heavy atom. The van der Waals surface area contributed by atoms with Crippen molar-refractivity contribution in [1.82, 2.24) is 4.90 Å². The number of hydrogen-bond donors (Lipinski definition) is 0. The minimum Gasteiger partial charge on any atom is -0.293 e. The van der Waals surface area contributed by atoms with Crippen molar-refractivity contribution in [2.75, 3.05) is 0 Å². The molecule has 1 nitrogen and oxygen atoms in total. The topological polar surface area (TPSA) is 3.24 Å². The van der Waals surface area contributed by atoms with E-state index in [4.69, 9.17) is 0 Å². The monoisotopic (exact) mass is 439 g/mol. The first-order valence-electron chi connectivity index (χ1n) is 14.7. The van der Waals surface area contributed by atoms with Crippen LogP contribution in [0.5, 0.6) is 0 Å². The molecule has 0 N–H and O–H groups in total. The zero-order chi connectivity index (χ0) is 22.1. The largest absolute Gasteiger partial charge is 0.293 e. The summed E-state index contributed by atoms with van der Waals surface area (Å²) in [4.78, 5) is 3.03. The van der Waals surface area contributed by atoms with Gasteiger partial charge in [0.1, 0.15) is 0 Å². The van der Waals surface area contributed by atoms with Crippen LogP contribution in [0.1, 0.15) is 147 Å². The van der Waals surface area contributed by atoms with Crippen molar-refractivity contribution >= 4 is 0 Å². The average Bonchev–Trinajstić information content (AvgIpc) is 2.80. The molecule has 1 aromatic carbocycles. The van der Waals surface area contributed by atoms with Gasteiger partial charge in [-0.1, -0.05) is 146 Å². The molecule has 3 rings (SSSR count). The SMILES string of the molecule is c1ccc(CN(C2CCCCCCCCCCC2)C2CCCCCCCCCCC2)cc1. The van der Waals surface area contributed by atoms with Crippen LogP contribution in [-0.4, -0.2) is 17.0 Å². The number of rotatable bonds is 4. The highest BCUT2D eigenvalue weighted by Gasteiger charge is 2.26. The van der Waals surface area contributed by atoms with Gasteiger partial charge in [-0.05, 0) is 31.2 Å². The Morgan fingerprint density at radius 1 is 0.438 bits per heavy atom. The van der Waals surface area contributed by atoms with Gasteiger partial charge in [0.2, 0.25) is 0 Å². The molecule has 2 saturated carbocycles. The third-order valence-electron chi connectivity index (χ3n) is 8.30. The molecule has 1 heteroatoms. The molecule has 0 atom stereocenters. The van der Waals surface area contributed by atoms with E-state index in [1.807, 2.05) is 0 Å². The summed E-state index contributed by atoms with van der Waals surface area (Å²) in [6, 6.07) is 13.0. The first kappa shape index (κ1) is 25.8. The minimum absolute atomic E-state index is 0.799. The van der Waals surface area contributed by atoms with Gasteiger partial charge in [-0.3, -0.25) is 4.90 Å². The third kappa shape index (κ3) is 10.4. The fourth-order valence-corrected chi connectivity index (χ4v) is 6.30. The van der Waals surface area contributed by atoms with Crippen molar-refractivity contribution in [1.29, 1.82) is 0 Å². The van der Waals surface area contributed by atoms with Crippen LogP contribution in [0.2, 0.25) is 0 Å². The maximum atomic E-state index is 3.03. The van der Waals surface area contributed by atoms with E-state index in [-0.39, 0.29) is 0 Å². The lowest BCUT2D eigenvalue weighted by molar-refractivity contribution is 0.0896. The van der Waals surface area contributed by atoms with Crippen molar-refractivity contribution < 1.29 is 0 Å². The highest BCUT2D eigenvalue weighted by Crippen LogP contribution is 2.29. The van der Waals surface area contributed by atoms with Crippen molar-refractivity contribution in [3.63, 3.8) is 0 Å². The summed E-state index contributed by atoms with van der Waals surface area (Å²) < 4.78 is 0. The van der Waals surface area contributed by atoms with E-state index >= 15 is 0 Å². The predicted molar refractivity (Wildman–Crippen MR) is 141 cm³/mol. The van der Waals surface area contributed by atoms with Gasteiger partial charge in [0.25, 0.3) is 0 Å². The van der Waals surface area contributed by atoms with Crippen LogP contribution in [0.25, 0.3) is 0 Å². The van der Waals surface area contributed by atoms with E-state index in [1.165, 1.54) is 153 Å². The molecule has 0 bridgehead atoms. The smallest absolute Gasteiger partial charge is 0.0239 e. The lowest BCUT2D eigenvalue weighted by Gasteiger charge is -2.39. The molecule has 2 aliphatic carbocycles. The molecule has 2 aliphatic rings. The Morgan fingerprint density at radius 3 is 1.09 bits per heavy atom. The van der Waals surface area contributed by atoms with E-state index in [0.29, 0.717) is 0 Å². The summed E-state index contributed by atoms with van der Waals surface area (Å²) >= 11 is 0. The summed E-state index contributed by atoms with van der Waals surface area (Å²) in [5.41, 5.74) is 1.53. The zero-order valence-corrected chi connectivity index (χ0v) is 21.3. The summed E-state index contributed by atoms with van der Waals surface area (Å²) in [5, 5.41) is 0. The normalized spacial score (nSPS) is 22.9. The average molecular weight is 440 g/mol. The summed E-state index contributed by atoms with van der Waals surface area (Å²) in [5.74, 6) is 0. The Kier molecular flexibility index (Phi) is 13.5. The maximum Gasteiger partial charge on any atom is 0.0239 e. The first-order valence-corrected chi connectivity index (χ1v) is 14.7. The van der Waals surface area contributed by atoms with E-state index < -0.39 is 0 Å². The quantitative estimate of drug-likeness (QED) is 0.451. The van der Waals surface area contributed by atoms with Gasteiger partial charge < -0.3 is 0 Å². The van der Waals surface area contributed by atoms with Crippen molar-refractivity contribution in [2.24, 2.45) is 0 Å². The molecule has 0 aliphatic heterocycles. The van der Waals surface area contributed by atoms with Crippen LogP contribution in [0.4, 0.5) is 0 Å². The first-order chi connectivity index (χ1) is 15.9. The van der Waals surface area contributed by atoms with Crippen LogP contribution in [0, 0.1) is 0 Å². The molecular weight excluding hydrogens is 386 g/mol. The highest BCUT2D eigenvalue weighted by atomic mass is 15.2. The van der Waals surface area contributed by atoms with Gasteiger partial charge in [0.15, 0.2) is 0 Å². The molecule has 0 amide bonds. The van der Waals surface area contributed by atoms with E-state index in [9.17, 15) is 0 Å². The Balaban J connectivity index is 1.72. The molecule has 182 valence electrons. The molecule has 0 radical (unpaired) electrons. The predicted octanol–water partition coefficient (Wildman–Crippen LogP) is 9.84. The van der Waals surface area contributed by atoms with Crippen LogP contribution < -0.4 is 0 Å². The van der Waals surface area contributed by atoms with Gasteiger partial charge in [-0.2, -0.15) is 0 Å². The second-order valence-corrected chi connectivity index (χ2v) is 11.0. The van der Waals surface area contributed by atoms with Gasteiger partial charge in [0, 0.05) is 18.6 Å². The van der Waals surface area contributed by atoms with Gasteiger partial charge >= 0.3 is 0 Å². The Hall–Kier alpha value is -0.820. The van der Waals surface area contributed by atoms with E-state index in [0.717, 1.165) is 12.1 Å². The fourth-order valence-electron chi connectivity index (χ4n) is 6.30.